The average molecular weight is 328 g/mol. The van der Waals surface area contributed by atoms with Crippen LogP contribution in [0.25, 0.3) is 11.0 Å². The molecule has 1 aromatic heterocycles. The number of aliphatic hydroxyl groups is 3. The molecule has 2 aromatic rings. The zero-order chi connectivity index (χ0) is 19.3. The Bertz CT molecular complexity index is 881. The topological polar surface area (TPSA) is 100 Å². The van der Waals surface area contributed by atoms with Crippen molar-refractivity contribution in [2.45, 2.75) is 30.6 Å². The fraction of sp³-hybridized carbons (Fsp3) is 0.400. The summed E-state index contributed by atoms with van der Waals surface area (Å²) in [7, 11) is 0. The van der Waals surface area contributed by atoms with Crippen LogP contribution in [0.1, 0.15) is 11.0 Å². The van der Waals surface area contributed by atoms with Crippen molar-refractivity contribution in [1.82, 2.24) is 0 Å². The van der Waals surface area contributed by atoms with Gasteiger partial charge in [0.2, 0.25) is 0 Å². The van der Waals surface area contributed by atoms with E-state index in [9.17, 15) is 20.1 Å². The summed E-state index contributed by atoms with van der Waals surface area (Å²) in [6.07, 6.45) is -5.44. The Balaban J connectivity index is 1.97. The highest BCUT2D eigenvalue weighted by Gasteiger charge is 2.38. The molecule has 1 saturated heterocycles. The molecule has 4 atom stereocenters. The highest BCUT2D eigenvalue weighted by molar-refractivity contribution is 7.99. The molecule has 0 amide bonds. The van der Waals surface area contributed by atoms with E-state index in [1.54, 1.807) is 0 Å². The normalized spacial score (nSPS) is 35.3. The molecular weight excluding hydrogens is 308 g/mol. The number of benzene rings is 1. The summed E-state index contributed by atoms with van der Waals surface area (Å²) < 4.78 is 40.9. The van der Waals surface area contributed by atoms with Gasteiger partial charge in [-0.1, -0.05) is 0 Å². The smallest absolute Gasteiger partial charge is 0.336 e. The number of aliphatic hydroxyl groups excluding tert-OH is 2. The minimum absolute atomic E-state index is 0.0176. The Morgan fingerprint density at radius 1 is 1.41 bits per heavy atom. The SMILES string of the molecule is [2H]C([2H])([2H])c1cc(=O)oc2cc(O[C@@H]3SC[C@@H](O)[C@H](O)[C@@]3([2H])O)ccc12. The highest BCUT2D eigenvalue weighted by atomic mass is 32.2. The van der Waals surface area contributed by atoms with Crippen LogP contribution in [0.15, 0.2) is 33.5 Å². The fourth-order valence-electron chi connectivity index (χ4n) is 2.13. The number of hydrogen-bond donors (Lipinski definition) is 3. The van der Waals surface area contributed by atoms with Gasteiger partial charge in [0.15, 0.2) is 5.44 Å². The predicted octanol–water partition coefficient (Wildman–Crippen LogP) is 0.636. The summed E-state index contributed by atoms with van der Waals surface area (Å²) in [5.74, 6) is 0.161. The molecule has 0 radical (unpaired) electrons. The molecule has 2 heterocycles. The molecule has 118 valence electrons. The monoisotopic (exact) mass is 328 g/mol. The van der Waals surface area contributed by atoms with Gasteiger partial charge >= 0.3 is 5.63 Å². The molecule has 1 aromatic carbocycles. The number of thioether (sulfide) groups is 1. The van der Waals surface area contributed by atoms with Crippen LogP contribution in [-0.4, -0.2) is 44.8 Å². The second kappa shape index (κ2) is 5.92. The van der Waals surface area contributed by atoms with Crippen molar-refractivity contribution >= 4 is 22.7 Å². The molecule has 0 bridgehead atoms. The van der Waals surface area contributed by atoms with Gasteiger partial charge < -0.3 is 24.5 Å². The van der Waals surface area contributed by atoms with Gasteiger partial charge in [-0.2, -0.15) is 0 Å². The van der Waals surface area contributed by atoms with Crippen LogP contribution >= 0.6 is 11.8 Å². The van der Waals surface area contributed by atoms with Gasteiger partial charge in [0.25, 0.3) is 0 Å². The Morgan fingerprint density at radius 3 is 3.00 bits per heavy atom. The lowest BCUT2D eigenvalue weighted by Crippen LogP contribution is -2.50. The van der Waals surface area contributed by atoms with Gasteiger partial charge in [0.05, 0.1) is 7.47 Å². The van der Waals surface area contributed by atoms with Crippen LogP contribution in [0.3, 0.4) is 0 Å². The van der Waals surface area contributed by atoms with Gasteiger partial charge in [-0.15, -0.1) is 11.8 Å². The molecule has 1 fully saturated rings. The van der Waals surface area contributed by atoms with E-state index in [1.165, 1.54) is 18.2 Å². The van der Waals surface area contributed by atoms with Crippen molar-refractivity contribution in [3.63, 3.8) is 0 Å². The van der Waals surface area contributed by atoms with E-state index >= 15 is 0 Å². The second-order valence-electron chi connectivity index (χ2n) is 4.86. The average Bonchev–Trinajstić information content (AvgIpc) is 2.54. The molecule has 7 heteroatoms. The van der Waals surface area contributed by atoms with Crippen molar-refractivity contribution in [3.05, 3.63) is 40.2 Å². The Hall–Kier alpha value is -1.54. The van der Waals surface area contributed by atoms with E-state index in [4.69, 9.17) is 14.6 Å². The maximum atomic E-state index is 11.6. The maximum Gasteiger partial charge on any atom is 0.336 e. The Morgan fingerprint density at radius 2 is 2.23 bits per heavy atom. The third-order valence-electron chi connectivity index (χ3n) is 3.29. The number of rotatable bonds is 2. The summed E-state index contributed by atoms with van der Waals surface area (Å²) >= 11 is 0.941. The minimum Gasteiger partial charge on any atom is -0.477 e. The van der Waals surface area contributed by atoms with Gasteiger partial charge in [0, 0.05) is 27.4 Å². The van der Waals surface area contributed by atoms with Gasteiger partial charge in [0.1, 0.15) is 23.5 Å². The minimum atomic E-state index is -2.50. The van der Waals surface area contributed by atoms with E-state index in [0.717, 1.165) is 17.8 Å². The fourth-order valence-corrected chi connectivity index (χ4v) is 3.18. The Labute approximate surface area is 136 Å². The summed E-state index contributed by atoms with van der Waals surface area (Å²) in [4.78, 5) is 11.6. The molecule has 3 N–H and O–H groups in total. The van der Waals surface area contributed by atoms with Crippen LogP contribution in [0.5, 0.6) is 5.75 Å². The predicted molar refractivity (Wildman–Crippen MR) is 82.1 cm³/mol. The van der Waals surface area contributed by atoms with Crippen LogP contribution in [0.2, 0.25) is 0 Å². The standard InChI is InChI=1S/C15H16O6S/c1-7-4-12(17)21-11-5-8(2-3-9(7)11)20-15-14(19)13(18)10(16)6-22-15/h2-5,10,13-16,18-19H,6H2,1H3/t10-,13+,14-,15-/m1/s1/i1D3,14D. The first-order valence-corrected chi connectivity index (χ1v) is 7.50. The number of hydrogen-bond acceptors (Lipinski definition) is 7. The van der Waals surface area contributed by atoms with Crippen LogP contribution < -0.4 is 10.4 Å². The maximum absolute atomic E-state index is 11.6. The van der Waals surface area contributed by atoms with E-state index in [-0.39, 0.29) is 28.0 Å². The van der Waals surface area contributed by atoms with E-state index < -0.39 is 36.2 Å². The van der Waals surface area contributed by atoms with Gasteiger partial charge in [-0.3, -0.25) is 0 Å². The molecular formula is C15H16O6S. The summed E-state index contributed by atoms with van der Waals surface area (Å²) in [6, 6.07) is 5.00. The number of aryl methyl sites for hydroxylation is 1. The lowest BCUT2D eigenvalue weighted by atomic mass is 10.1. The summed E-state index contributed by atoms with van der Waals surface area (Å²) in [5, 5.41) is 29.7. The lowest BCUT2D eigenvalue weighted by Gasteiger charge is -2.34. The first-order valence-electron chi connectivity index (χ1n) is 8.45. The molecule has 0 unspecified atom stereocenters. The van der Waals surface area contributed by atoms with Crippen molar-refractivity contribution in [3.8, 4) is 5.75 Å². The first kappa shape index (κ1) is 11.1. The zero-order valence-corrected chi connectivity index (χ0v) is 12.0. The molecule has 0 aliphatic carbocycles. The largest absolute Gasteiger partial charge is 0.477 e. The van der Waals surface area contributed by atoms with Crippen molar-refractivity contribution in [2.24, 2.45) is 0 Å². The highest BCUT2D eigenvalue weighted by Crippen LogP contribution is 2.30. The number of ether oxygens (including phenoxy) is 1. The molecule has 0 spiro atoms. The van der Waals surface area contributed by atoms with Gasteiger partial charge in [-0.25, -0.2) is 4.79 Å². The van der Waals surface area contributed by atoms with E-state index in [1.807, 2.05) is 0 Å². The summed E-state index contributed by atoms with van der Waals surface area (Å²) in [6.45, 7) is -2.50. The van der Waals surface area contributed by atoms with Crippen LogP contribution in [-0.2, 0) is 0 Å². The lowest BCUT2D eigenvalue weighted by molar-refractivity contribution is -0.0786. The molecule has 3 rings (SSSR count). The summed E-state index contributed by atoms with van der Waals surface area (Å²) in [5.41, 5.74) is -2.21. The third kappa shape index (κ3) is 2.85. The molecule has 22 heavy (non-hydrogen) atoms. The van der Waals surface area contributed by atoms with Crippen LogP contribution in [0, 0.1) is 6.85 Å². The van der Waals surface area contributed by atoms with Gasteiger partial charge in [-0.05, 0) is 24.5 Å². The van der Waals surface area contributed by atoms with E-state index in [2.05, 4.69) is 0 Å². The van der Waals surface area contributed by atoms with Crippen molar-refractivity contribution in [1.29, 1.82) is 0 Å². The van der Waals surface area contributed by atoms with Crippen molar-refractivity contribution in [2.75, 3.05) is 5.75 Å². The molecule has 0 saturated carbocycles. The first-order chi connectivity index (χ1) is 12.0. The quantitative estimate of drug-likeness (QED) is 0.695. The molecule has 1 aliphatic rings. The van der Waals surface area contributed by atoms with Crippen molar-refractivity contribution < 1.29 is 30.0 Å². The zero-order valence-electron chi connectivity index (χ0n) is 15.2. The Kier molecular flexibility index (Phi) is 2.98. The van der Waals surface area contributed by atoms with E-state index in [0.29, 0.717) is 0 Å². The molecule has 1 aliphatic heterocycles. The second-order valence-corrected chi connectivity index (χ2v) is 5.95. The molecule has 6 nitrogen and oxygen atoms in total. The third-order valence-corrected chi connectivity index (χ3v) is 4.46. The van der Waals surface area contributed by atoms with Crippen LogP contribution in [0.4, 0.5) is 0 Å². The number of fused-ring (bicyclic) bond motifs is 1.